The minimum atomic E-state index is -0.377. The van der Waals surface area contributed by atoms with Gasteiger partial charge in [-0.2, -0.15) is 0 Å². The molecule has 0 radical (unpaired) electrons. The van der Waals surface area contributed by atoms with E-state index in [0.717, 1.165) is 51.6 Å². The number of pyridine rings is 1. The fourth-order valence-corrected chi connectivity index (χ4v) is 5.19. The molecule has 142 valence electrons. The summed E-state index contributed by atoms with van der Waals surface area (Å²) in [5.74, 6) is -0.200. The van der Waals surface area contributed by atoms with Crippen LogP contribution in [0.4, 0.5) is 4.39 Å². The molecule has 0 amide bonds. The van der Waals surface area contributed by atoms with Gasteiger partial charge >= 0.3 is 0 Å². The molecule has 2 aliphatic rings. The molecule has 1 saturated heterocycles. The van der Waals surface area contributed by atoms with E-state index in [0.29, 0.717) is 5.52 Å². The fraction of sp³-hybridized carbons (Fsp3) is 0.375. The average molecular weight is 374 g/mol. The van der Waals surface area contributed by atoms with Gasteiger partial charge in [0.05, 0.1) is 17.2 Å². The monoisotopic (exact) mass is 374 g/mol. The SMILES string of the molecule is CC(C)(C)c1cc2ccccc2c2nc3c(F)c4c(cc3n12)C1(C)CCC4O1. The van der Waals surface area contributed by atoms with Gasteiger partial charge in [-0.25, -0.2) is 9.37 Å². The molecular formula is C24H23FN2O. The van der Waals surface area contributed by atoms with E-state index >= 15 is 4.39 Å². The Kier molecular flexibility index (Phi) is 2.90. The zero-order valence-electron chi connectivity index (χ0n) is 16.6. The van der Waals surface area contributed by atoms with E-state index < -0.39 is 0 Å². The summed E-state index contributed by atoms with van der Waals surface area (Å²) < 4.78 is 24.0. The van der Waals surface area contributed by atoms with Crippen LogP contribution in [-0.4, -0.2) is 9.38 Å². The van der Waals surface area contributed by atoms with Gasteiger partial charge in [0, 0.05) is 22.1 Å². The summed E-state index contributed by atoms with van der Waals surface area (Å²) >= 11 is 0. The number of nitrogens with zero attached hydrogens (tertiary/aromatic N) is 2. The molecular weight excluding hydrogens is 351 g/mol. The molecule has 0 saturated carbocycles. The van der Waals surface area contributed by atoms with Crippen LogP contribution in [0.2, 0.25) is 0 Å². The normalized spacial score (nSPS) is 24.0. The number of hydrogen-bond donors (Lipinski definition) is 0. The van der Waals surface area contributed by atoms with Crippen molar-refractivity contribution in [3.05, 3.63) is 59.0 Å². The first-order valence-corrected chi connectivity index (χ1v) is 10.0. The van der Waals surface area contributed by atoms with Gasteiger partial charge in [0.1, 0.15) is 11.2 Å². The van der Waals surface area contributed by atoms with E-state index in [4.69, 9.17) is 9.72 Å². The zero-order chi connectivity index (χ0) is 19.4. The van der Waals surface area contributed by atoms with Crippen molar-refractivity contribution in [3.8, 4) is 0 Å². The van der Waals surface area contributed by atoms with Crippen LogP contribution in [0.5, 0.6) is 0 Å². The maximum absolute atomic E-state index is 15.7. The standard InChI is InChI=1S/C24H23FN2O/c1-23(2,3)18-11-13-7-5-6-8-14(13)22-26-21-16(27(18)22)12-15-19(20(21)25)17-9-10-24(15,4)28-17/h5-8,11-12,17H,9-10H2,1-4H3. The summed E-state index contributed by atoms with van der Waals surface area (Å²) in [4.78, 5) is 4.83. The van der Waals surface area contributed by atoms with E-state index in [9.17, 15) is 0 Å². The number of halogens is 1. The molecule has 3 nitrogen and oxygen atoms in total. The molecule has 1 fully saturated rings. The Hall–Kier alpha value is -2.46. The van der Waals surface area contributed by atoms with Gasteiger partial charge < -0.3 is 4.74 Å². The predicted octanol–water partition coefficient (Wildman–Crippen LogP) is 6.16. The van der Waals surface area contributed by atoms with Crippen LogP contribution in [-0.2, 0) is 15.8 Å². The lowest BCUT2D eigenvalue weighted by molar-refractivity contribution is -0.00748. The molecule has 2 bridgehead atoms. The maximum Gasteiger partial charge on any atom is 0.157 e. The lowest BCUT2D eigenvalue weighted by Gasteiger charge is -2.24. The Bertz CT molecular complexity index is 1310. The first-order valence-electron chi connectivity index (χ1n) is 10.0. The van der Waals surface area contributed by atoms with E-state index in [2.05, 4.69) is 56.4 Å². The maximum atomic E-state index is 15.7. The second-order valence-electron chi connectivity index (χ2n) is 9.53. The highest BCUT2D eigenvalue weighted by Crippen LogP contribution is 2.56. The van der Waals surface area contributed by atoms with E-state index in [1.54, 1.807) is 0 Å². The third-order valence-corrected chi connectivity index (χ3v) is 6.61. The van der Waals surface area contributed by atoms with Crippen LogP contribution in [0.25, 0.3) is 27.5 Å². The van der Waals surface area contributed by atoms with Gasteiger partial charge in [-0.15, -0.1) is 0 Å². The molecule has 2 unspecified atom stereocenters. The number of imidazole rings is 1. The van der Waals surface area contributed by atoms with E-state index in [-0.39, 0.29) is 22.9 Å². The lowest BCUT2D eigenvalue weighted by atomic mass is 9.83. The van der Waals surface area contributed by atoms with Crippen LogP contribution >= 0.6 is 0 Å². The van der Waals surface area contributed by atoms with Gasteiger partial charge in [0.15, 0.2) is 5.82 Å². The highest BCUT2D eigenvalue weighted by Gasteiger charge is 2.49. The first-order chi connectivity index (χ1) is 13.3. The quantitative estimate of drug-likeness (QED) is 0.369. The smallest absolute Gasteiger partial charge is 0.157 e. The molecule has 2 aliphatic heterocycles. The first kappa shape index (κ1) is 16.5. The second kappa shape index (κ2) is 4.93. The summed E-state index contributed by atoms with van der Waals surface area (Å²) in [6.45, 7) is 8.67. The van der Waals surface area contributed by atoms with Crippen molar-refractivity contribution in [3.63, 3.8) is 0 Å². The third kappa shape index (κ3) is 1.89. The Morgan fingerprint density at radius 3 is 2.79 bits per heavy atom. The molecule has 2 atom stereocenters. The molecule has 2 aromatic heterocycles. The van der Waals surface area contributed by atoms with Crippen molar-refractivity contribution >= 4 is 27.5 Å². The van der Waals surface area contributed by atoms with Gasteiger partial charge in [-0.3, -0.25) is 4.40 Å². The largest absolute Gasteiger partial charge is 0.363 e. The van der Waals surface area contributed by atoms with Crippen LogP contribution in [0.15, 0.2) is 36.4 Å². The summed E-state index contributed by atoms with van der Waals surface area (Å²) in [6.07, 6.45) is 1.70. The van der Waals surface area contributed by atoms with Crippen molar-refractivity contribution < 1.29 is 9.13 Å². The number of fused-ring (bicyclic) bond motifs is 10. The Balaban J connectivity index is 1.85. The molecule has 28 heavy (non-hydrogen) atoms. The minimum absolute atomic E-state index is 0.106. The highest BCUT2D eigenvalue weighted by molar-refractivity contribution is 5.99. The Morgan fingerprint density at radius 2 is 2.00 bits per heavy atom. The number of ether oxygens (including phenoxy) is 1. The molecule has 6 rings (SSSR count). The summed E-state index contributed by atoms with van der Waals surface area (Å²) in [5.41, 5.74) is 4.52. The van der Waals surface area contributed by atoms with Crippen LogP contribution in [0.3, 0.4) is 0 Å². The van der Waals surface area contributed by atoms with Crippen molar-refractivity contribution in [1.82, 2.24) is 9.38 Å². The van der Waals surface area contributed by atoms with Crippen molar-refractivity contribution in [2.75, 3.05) is 0 Å². The lowest BCUT2D eigenvalue weighted by Crippen LogP contribution is -2.18. The Labute approximate surface area is 163 Å². The van der Waals surface area contributed by atoms with Gasteiger partial charge in [0.2, 0.25) is 0 Å². The predicted molar refractivity (Wildman–Crippen MR) is 109 cm³/mol. The molecule has 0 spiro atoms. The highest BCUT2D eigenvalue weighted by atomic mass is 19.1. The second-order valence-corrected chi connectivity index (χ2v) is 9.53. The molecule has 4 heteroatoms. The van der Waals surface area contributed by atoms with Gasteiger partial charge in [-0.1, -0.05) is 45.0 Å². The fourth-order valence-electron chi connectivity index (χ4n) is 5.19. The molecule has 2 aromatic carbocycles. The molecule has 0 aliphatic carbocycles. The summed E-state index contributed by atoms with van der Waals surface area (Å²) in [7, 11) is 0. The van der Waals surface area contributed by atoms with Gasteiger partial charge in [0.25, 0.3) is 0 Å². The number of hydrogen-bond acceptors (Lipinski definition) is 2. The van der Waals surface area contributed by atoms with Crippen molar-refractivity contribution in [2.24, 2.45) is 0 Å². The van der Waals surface area contributed by atoms with Gasteiger partial charge in [-0.05, 0) is 42.8 Å². The van der Waals surface area contributed by atoms with E-state index in [1.165, 1.54) is 0 Å². The zero-order valence-corrected chi connectivity index (χ0v) is 16.6. The summed E-state index contributed by atoms with van der Waals surface area (Å²) in [5, 5.41) is 2.19. The molecule has 0 N–H and O–H groups in total. The van der Waals surface area contributed by atoms with Crippen molar-refractivity contribution in [1.29, 1.82) is 0 Å². The van der Waals surface area contributed by atoms with Crippen LogP contribution < -0.4 is 0 Å². The van der Waals surface area contributed by atoms with Crippen LogP contribution in [0.1, 0.15) is 63.5 Å². The third-order valence-electron chi connectivity index (χ3n) is 6.61. The van der Waals surface area contributed by atoms with Crippen LogP contribution in [0, 0.1) is 5.82 Å². The number of benzene rings is 2. The average Bonchev–Trinajstić information content (AvgIpc) is 3.30. The molecule has 4 aromatic rings. The Morgan fingerprint density at radius 1 is 1.21 bits per heavy atom. The number of rotatable bonds is 0. The summed E-state index contributed by atoms with van der Waals surface area (Å²) in [6, 6.07) is 12.6. The van der Waals surface area contributed by atoms with Crippen molar-refractivity contribution in [2.45, 2.75) is 57.7 Å². The number of aromatic nitrogens is 2. The van der Waals surface area contributed by atoms with E-state index in [1.807, 2.05) is 12.1 Å². The topological polar surface area (TPSA) is 26.5 Å². The molecule has 4 heterocycles. The minimum Gasteiger partial charge on any atom is -0.363 e.